The Balaban J connectivity index is 1.03. The number of nitrogens with one attached hydrogen (secondary N) is 2. The number of rotatable bonds is 17. The maximum absolute atomic E-state index is 14.2. The second-order valence-corrected chi connectivity index (χ2v) is 21.5. The minimum atomic E-state index is -6.13. The van der Waals surface area contributed by atoms with Crippen molar-refractivity contribution in [2.45, 2.75) is 76.7 Å². The summed E-state index contributed by atoms with van der Waals surface area (Å²) in [6.07, 6.45) is -2.34. The van der Waals surface area contributed by atoms with E-state index in [2.05, 4.69) is 10.2 Å². The second-order valence-electron chi connectivity index (χ2n) is 16.8. The van der Waals surface area contributed by atoms with Gasteiger partial charge in [0.15, 0.2) is 0 Å². The van der Waals surface area contributed by atoms with Gasteiger partial charge in [0.1, 0.15) is 4.90 Å². The summed E-state index contributed by atoms with van der Waals surface area (Å²) in [6.45, 7) is 2.00. The lowest BCUT2D eigenvalue weighted by Gasteiger charge is -2.36. The summed E-state index contributed by atoms with van der Waals surface area (Å²) in [5, 5.41) is 24.1. The number of sulfonamides is 1. The van der Waals surface area contributed by atoms with E-state index in [1.54, 1.807) is 36.4 Å². The third-order valence-corrected chi connectivity index (χ3v) is 16.4. The molecule has 2 aliphatic heterocycles. The second kappa shape index (κ2) is 21.3. The minimum absolute atomic E-state index is 0.0592. The lowest BCUT2D eigenvalue weighted by atomic mass is 9.84. The fraction of sp³-hybridized carbons (Fsp3) is 0.354. The topological polar surface area (TPSA) is 156 Å². The van der Waals surface area contributed by atoms with Crippen LogP contribution < -0.4 is 14.9 Å². The van der Waals surface area contributed by atoms with Gasteiger partial charge in [0.25, 0.3) is 25.8 Å². The standard InChI is InChI=1S/C48H50F6N4O7S3/c49-47(50,51)35-16-12-32(13-17-35)41-10-4-5-11-42(41)45(60)33-22-25-58(26-23-33)37-18-14-34(15-19-37)46(61)56-68(64,65)40-20-21-43(44(30-40)67(62,63)48(52,53)54)55-36(31-66-39-8-2-1-3-9-39)29-38-7-6-24-57(38)27-28-59/h1-5,8-21,30,33,36,38,45,55,59-60H,6-7,22-29,31H2,(H,56,61)/t36-,38+,45-/m1/s1. The van der Waals surface area contributed by atoms with Gasteiger partial charge in [0.2, 0.25) is 0 Å². The molecule has 5 aromatic rings. The fourth-order valence-corrected chi connectivity index (χ4v) is 11.8. The van der Waals surface area contributed by atoms with Crippen LogP contribution in [-0.4, -0.2) is 94.0 Å². The number of sulfone groups is 1. The van der Waals surface area contributed by atoms with Gasteiger partial charge in [-0.1, -0.05) is 54.6 Å². The summed E-state index contributed by atoms with van der Waals surface area (Å²) >= 11 is 1.41. The number of piperidine rings is 1. The third-order valence-electron chi connectivity index (χ3n) is 12.4. The molecule has 2 aliphatic rings. The normalized spacial score (nSPS) is 17.5. The number of benzene rings is 5. The molecule has 0 unspecified atom stereocenters. The summed E-state index contributed by atoms with van der Waals surface area (Å²) in [4.78, 5) is 16.1. The number of aliphatic hydroxyl groups is 2. The SMILES string of the molecule is O=C(NS(=O)(=O)c1ccc(N[C@@H](CSc2ccccc2)C[C@@H]2CCCN2CCO)c(S(=O)(=O)C(F)(F)F)c1)c1ccc(N2CCC([C@@H](O)c3ccccc3-c3ccc(C(F)(F)F)cc3)CC2)cc1. The lowest BCUT2D eigenvalue weighted by Crippen LogP contribution is -2.38. The number of nitrogens with zero attached hydrogens (tertiary/aromatic N) is 2. The molecule has 0 bridgehead atoms. The number of hydrogen-bond acceptors (Lipinski definition) is 11. The van der Waals surface area contributed by atoms with E-state index in [0.717, 1.165) is 42.0 Å². The van der Waals surface area contributed by atoms with Gasteiger partial charge < -0.3 is 20.4 Å². The smallest absolute Gasteiger partial charge is 0.395 e. The first kappa shape index (κ1) is 50.7. The molecule has 1 amide bonds. The molecular weight excluding hydrogens is 955 g/mol. The van der Waals surface area contributed by atoms with Crippen molar-refractivity contribution in [3.8, 4) is 11.1 Å². The Morgan fingerprint density at radius 1 is 0.794 bits per heavy atom. The van der Waals surface area contributed by atoms with E-state index in [1.165, 1.54) is 36.0 Å². The van der Waals surface area contributed by atoms with Crippen LogP contribution in [0, 0.1) is 5.92 Å². The van der Waals surface area contributed by atoms with Gasteiger partial charge in [0, 0.05) is 53.6 Å². The molecule has 4 N–H and O–H groups in total. The largest absolute Gasteiger partial charge is 0.501 e. The Kier molecular flexibility index (Phi) is 15.9. The average molecular weight is 1010 g/mol. The average Bonchev–Trinajstić information content (AvgIpc) is 3.76. The molecule has 68 heavy (non-hydrogen) atoms. The molecule has 11 nitrogen and oxygen atoms in total. The molecule has 2 heterocycles. The summed E-state index contributed by atoms with van der Waals surface area (Å²) < 4.78 is 137. The van der Waals surface area contributed by atoms with Crippen LogP contribution >= 0.6 is 11.8 Å². The molecule has 364 valence electrons. The Bertz CT molecular complexity index is 2740. The Morgan fingerprint density at radius 3 is 2.10 bits per heavy atom. The van der Waals surface area contributed by atoms with Gasteiger partial charge in [0.05, 0.1) is 28.9 Å². The van der Waals surface area contributed by atoms with Crippen LogP contribution in [0.15, 0.2) is 136 Å². The molecule has 7 rings (SSSR count). The van der Waals surface area contributed by atoms with Crippen LogP contribution in [-0.2, 0) is 26.0 Å². The number of aliphatic hydroxyl groups excluding tert-OH is 2. The monoisotopic (exact) mass is 1000 g/mol. The summed E-state index contributed by atoms with van der Waals surface area (Å²) in [5.41, 5.74) is -4.72. The highest BCUT2D eigenvalue weighted by Gasteiger charge is 2.48. The number of halogens is 6. The van der Waals surface area contributed by atoms with E-state index >= 15 is 0 Å². The first-order valence-corrected chi connectivity index (χ1v) is 25.8. The molecule has 0 aliphatic carbocycles. The van der Waals surface area contributed by atoms with Gasteiger partial charge in [-0.3, -0.25) is 9.69 Å². The van der Waals surface area contributed by atoms with Crippen LogP contribution in [0.5, 0.6) is 0 Å². The predicted molar refractivity (Wildman–Crippen MR) is 248 cm³/mol. The molecule has 0 spiro atoms. The van der Waals surface area contributed by atoms with Gasteiger partial charge in [-0.05, 0) is 128 Å². The van der Waals surface area contributed by atoms with E-state index in [1.807, 2.05) is 40.0 Å². The van der Waals surface area contributed by atoms with E-state index in [0.29, 0.717) is 79.6 Å². The number of anilines is 2. The first-order valence-electron chi connectivity index (χ1n) is 21.9. The Labute approximate surface area is 395 Å². The van der Waals surface area contributed by atoms with Crippen LogP contribution in [0.1, 0.15) is 59.7 Å². The fourth-order valence-electron chi connectivity index (χ4n) is 8.80. The maximum Gasteiger partial charge on any atom is 0.501 e. The molecule has 20 heteroatoms. The number of alkyl halides is 6. The molecule has 3 atom stereocenters. The molecule has 0 saturated carbocycles. The molecule has 0 radical (unpaired) electrons. The van der Waals surface area contributed by atoms with Gasteiger partial charge in [-0.2, -0.15) is 26.3 Å². The van der Waals surface area contributed by atoms with Crippen molar-refractivity contribution in [1.82, 2.24) is 9.62 Å². The van der Waals surface area contributed by atoms with Crippen LogP contribution in [0.3, 0.4) is 0 Å². The van der Waals surface area contributed by atoms with Crippen molar-refractivity contribution in [3.05, 3.63) is 138 Å². The molecular formula is C48H50F6N4O7S3. The summed E-state index contributed by atoms with van der Waals surface area (Å²) in [6, 6.07) is 28.5. The van der Waals surface area contributed by atoms with E-state index < -0.39 is 70.6 Å². The van der Waals surface area contributed by atoms with Crippen LogP contribution in [0.4, 0.5) is 37.7 Å². The molecule has 2 saturated heterocycles. The number of hydrogen-bond donors (Lipinski definition) is 4. The van der Waals surface area contributed by atoms with Crippen molar-refractivity contribution in [1.29, 1.82) is 0 Å². The zero-order valence-electron chi connectivity index (χ0n) is 36.5. The highest BCUT2D eigenvalue weighted by molar-refractivity contribution is 7.99. The Morgan fingerprint density at radius 2 is 1.46 bits per heavy atom. The number of amides is 1. The predicted octanol–water partition coefficient (Wildman–Crippen LogP) is 9.15. The lowest BCUT2D eigenvalue weighted by molar-refractivity contribution is -0.137. The van der Waals surface area contributed by atoms with E-state index in [-0.39, 0.29) is 24.1 Å². The van der Waals surface area contributed by atoms with E-state index in [4.69, 9.17) is 0 Å². The number of carbonyl (C=O) groups excluding carboxylic acids is 1. The first-order chi connectivity index (χ1) is 32.2. The van der Waals surface area contributed by atoms with Gasteiger partial charge in [-0.25, -0.2) is 21.6 Å². The summed E-state index contributed by atoms with van der Waals surface area (Å²) in [7, 11) is -11.1. The minimum Gasteiger partial charge on any atom is -0.395 e. The van der Waals surface area contributed by atoms with E-state index in [9.17, 15) is 58.2 Å². The molecule has 5 aromatic carbocycles. The quantitative estimate of drug-likeness (QED) is 0.0521. The highest BCUT2D eigenvalue weighted by Crippen LogP contribution is 2.40. The van der Waals surface area contributed by atoms with Crippen molar-refractivity contribution in [2.24, 2.45) is 5.92 Å². The third kappa shape index (κ3) is 12.0. The Hall–Kier alpha value is -5.12. The van der Waals surface area contributed by atoms with Gasteiger partial charge in [-0.15, -0.1) is 11.8 Å². The van der Waals surface area contributed by atoms with Crippen molar-refractivity contribution >= 4 is 48.9 Å². The number of β-amino-alcohol motifs (C(OH)–C–C–N with tert-alkyl or cyclic N) is 1. The van der Waals surface area contributed by atoms with Crippen molar-refractivity contribution < 1.29 is 58.2 Å². The van der Waals surface area contributed by atoms with Crippen LogP contribution in [0.2, 0.25) is 0 Å². The zero-order chi connectivity index (χ0) is 48.9. The van der Waals surface area contributed by atoms with Gasteiger partial charge >= 0.3 is 11.7 Å². The number of likely N-dealkylation sites (tertiary alicyclic amines) is 1. The zero-order valence-corrected chi connectivity index (χ0v) is 38.9. The van der Waals surface area contributed by atoms with Crippen molar-refractivity contribution in [2.75, 3.05) is 48.8 Å². The van der Waals surface area contributed by atoms with Crippen molar-refractivity contribution in [3.63, 3.8) is 0 Å². The summed E-state index contributed by atoms with van der Waals surface area (Å²) in [5.74, 6) is -0.995. The number of thioether (sulfide) groups is 1. The molecule has 2 fully saturated rings. The van der Waals surface area contributed by atoms with Crippen LogP contribution in [0.25, 0.3) is 11.1 Å². The molecule has 0 aromatic heterocycles. The maximum atomic E-state index is 14.2. The highest BCUT2D eigenvalue weighted by atomic mass is 32.2. The number of carbonyl (C=O) groups is 1.